The average molecular weight is 305 g/mol. The predicted octanol–water partition coefficient (Wildman–Crippen LogP) is 3.02. The van der Waals surface area contributed by atoms with Gasteiger partial charge in [0.15, 0.2) is 0 Å². The van der Waals surface area contributed by atoms with Gasteiger partial charge in [0.25, 0.3) is 0 Å². The molecule has 2 aromatic rings. The lowest BCUT2D eigenvalue weighted by molar-refractivity contribution is -0.140. The Labute approximate surface area is 135 Å². The van der Waals surface area contributed by atoms with Gasteiger partial charge in [0.1, 0.15) is 11.2 Å². The first-order chi connectivity index (χ1) is 11.2. The molecular formula is C20H19NO2. The fourth-order valence-electron chi connectivity index (χ4n) is 4.31. The van der Waals surface area contributed by atoms with Crippen LogP contribution in [0.5, 0.6) is 0 Å². The van der Waals surface area contributed by atoms with E-state index in [9.17, 15) is 9.59 Å². The Hall–Kier alpha value is -2.42. The van der Waals surface area contributed by atoms with E-state index in [-0.39, 0.29) is 23.5 Å². The second-order valence-corrected chi connectivity index (χ2v) is 6.59. The number of benzene rings is 2. The molecule has 1 saturated heterocycles. The monoisotopic (exact) mass is 305 g/mol. The third-order valence-electron chi connectivity index (χ3n) is 5.38. The Morgan fingerprint density at radius 3 is 2.26 bits per heavy atom. The Kier molecular flexibility index (Phi) is 3.12. The Balaban J connectivity index is 1.61. The van der Waals surface area contributed by atoms with E-state index in [4.69, 9.17) is 0 Å². The minimum absolute atomic E-state index is 0.00714. The van der Waals surface area contributed by atoms with Gasteiger partial charge >= 0.3 is 0 Å². The lowest BCUT2D eigenvalue weighted by Crippen LogP contribution is -2.36. The number of carbonyl (C=O) groups excluding carboxylic acids is 2. The summed E-state index contributed by atoms with van der Waals surface area (Å²) < 4.78 is 0. The number of rotatable bonds is 4. The standard InChI is InChI=1S/C20H19NO2/c1-14(22)20-17(18(20)16-10-6-3-7-11-16)13-21(19(20)23)12-15-8-4-2-5-9-15/h2-11,17-18H,12-13H2,1H3. The largest absolute Gasteiger partial charge is 0.337 e. The van der Waals surface area contributed by atoms with Gasteiger partial charge < -0.3 is 4.90 Å². The van der Waals surface area contributed by atoms with E-state index in [2.05, 4.69) is 0 Å². The minimum atomic E-state index is -0.809. The number of carbonyl (C=O) groups is 2. The zero-order chi connectivity index (χ0) is 16.0. The van der Waals surface area contributed by atoms with E-state index in [1.807, 2.05) is 65.6 Å². The Morgan fingerprint density at radius 1 is 1.09 bits per heavy atom. The van der Waals surface area contributed by atoms with Crippen molar-refractivity contribution in [2.24, 2.45) is 11.3 Å². The zero-order valence-electron chi connectivity index (χ0n) is 13.1. The second-order valence-electron chi connectivity index (χ2n) is 6.59. The molecule has 2 aromatic carbocycles. The van der Waals surface area contributed by atoms with Crippen LogP contribution < -0.4 is 0 Å². The number of likely N-dealkylation sites (tertiary alicyclic amines) is 1. The average Bonchev–Trinajstić information content (AvgIpc) is 3.16. The molecule has 3 unspecified atom stereocenters. The first-order valence-corrected chi connectivity index (χ1v) is 8.05. The van der Waals surface area contributed by atoms with Crippen molar-refractivity contribution in [2.45, 2.75) is 19.4 Å². The van der Waals surface area contributed by atoms with E-state index in [1.54, 1.807) is 6.92 Å². The summed E-state index contributed by atoms with van der Waals surface area (Å²) in [7, 11) is 0. The van der Waals surface area contributed by atoms with Gasteiger partial charge in [-0.05, 0) is 18.1 Å². The highest BCUT2D eigenvalue weighted by Crippen LogP contribution is 2.69. The van der Waals surface area contributed by atoms with Gasteiger partial charge in [-0.3, -0.25) is 9.59 Å². The van der Waals surface area contributed by atoms with Crippen LogP contribution in [-0.4, -0.2) is 23.1 Å². The van der Waals surface area contributed by atoms with Gasteiger partial charge in [-0.1, -0.05) is 60.7 Å². The fourth-order valence-corrected chi connectivity index (χ4v) is 4.31. The topological polar surface area (TPSA) is 37.4 Å². The van der Waals surface area contributed by atoms with Crippen molar-refractivity contribution in [2.75, 3.05) is 6.54 Å². The molecule has 3 atom stereocenters. The van der Waals surface area contributed by atoms with Crippen molar-refractivity contribution in [1.82, 2.24) is 4.90 Å². The molecule has 0 radical (unpaired) electrons. The highest BCUT2D eigenvalue weighted by Gasteiger charge is 2.77. The van der Waals surface area contributed by atoms with Crippen LogP contribution in [0.25, 0.3) is 0 Å². The molecule has 2 fully saturated rings. The van der Waals surface area contributed by atoms with Gasteiger partial charge in [-0.25, -0.2) is 0 Å². The minimum Gasteiger partial charge on any atom is -0.337 e. The summed E-state index contributed by atoms with van der Waals surface area (Å²) in [5.41, 5.74) is 1.41. The molecule has 116 valence electrons. The van der Waals surface area contributed by atoms with Crippen LogP contribution in [0.2, 0.25) is 0 Å². The quantitative estimate of drug-likeness (QED) is 0.814. The van der Waals surface area contributed by atoms with Crippen LogP contribution in [0.4, 0.5) is 0 Å². The summed E-state index contributed by atoms with van der Waals surface area (Å²) in [6.45, 7) is 2.83. The molecule has 2 aliphatic rings. The van der Waals surface area contributed by atoms with E-state index < -0.39 is 5.41 Å². The number of hydrogen-bond acceptors (Lipinski definition) is 2. The zero-order valence-corrected chi connectivity index (χ0v) is 13.1. The molecule has 3 heteroatoms. The first-order valence-electron chi connectivity index (χ1n) is 8.05. The molecule has 0 bridgehead atoms. The van der Waals surface area contributed by atoms with Gasteiger partial charge in [0.05, 0.1) is 0 Å². The van der Waals surface area contributed by atoms with Gasteiger partial charge in [0.2, 0.25) is 5.91 Å². The SMILES string of the molecule is CC(=O)C12C(=O)N(Cc3ccccc3)CC1C2c1ccccc1. The number of ketones is 1. The molecule has 0 N–H and O–H groups in total. The van der Waals surface area contributed by atoms with E-state index in [0.717, 1.165) is 11.1 Å². The van der Waals surface area contributed by atoms with Gasteiger partial charge in [-0.15, -0.1) is 0 Å². The summed E-state index contributed by atoms with van der Waals surface area (Å²) in [4.78, 5) is 27.2. The van der Waals surface area contributed by atoms with Crippen molar-refractivity contribution in [3.05, 3.63) is 71.8 Å². The normalized spacial score (nSPS) is 28.6. The summed E-state index contributed by atoms with van der Waals surface area (Å²) in [6, 6.07) is 19.9. The Bertz CT molecular complexity index is 756. The van der Waals surface area contributed by atoms with E-state index >= 15 is 0 Å². The van der Waals surface area contributed by atoms with Crippen LogP contribution in [0.1, 0.15) is 24.0 Å². The lowest BCUT2D eigenvalue weighted by Gasteiger charge is -2.23. The predicted molar refractivity (Wildman–Crippen MR) is 87.6 cm³/mol. The van der Waals surface area contributed by atoms with Crippen LogP contribution in [0.15, 0.2) is 60.7 Å². The smallest absolute Gasteiger partial charge is 0.237 e. The van der Waals surface area contributed by atoms with Gasteiger partial charge in [-0.2, -0.15) is 0 Å². The number of nitrogens with zero attached hydrogens (tertiary/aromatic N) is 1. The third-order valence-corrected chi connectivity index (χ3v) is 5.38. The van der Waals surface area contributed by atoms with Crippen LogP contribution in [0, 0.1) is 11.3 Å². The van der Waals surface area contributed by atoms with E-state index in [0.29, 0.717) is 13.1 Å². The number of piperidine rings is 1. The lowest BCUT2D eigenvalue weighted by atomic mass is 9.94. The molecule has 1 aliphatic carbocycles. The first kappa shape index (κ1) is 14.2. The summed E-state index contributed by atoms with van der Waals surface area (Å²) in [5.74, 6) is 0.198. The molecule has 3 nitrogen and oxygen atoms in total. The van der Waals surface area contributed by atoms with Crippen molar-refractivity contribution < 1.29 is 9.59 Å². The van der Waals surface area contributed by atoms with Gasteiger partial charge in [0, 0.05) is 24.9 Å². The highest BCUT2D eigenvalue weighted by atomic mass is 16.2. The molecule has 1 heterocycles. The van der Waals surface area contributed by atoms with Crippen molar-refractivity contribution >= 4 is 11.7 Å². The number of amides is 1. The molecular weight excluding hydrogens is 286 g/mol. The maximum absolute atomic E-state index is 13.0. The molecule has 1 saturated carbocycles. The number of fused-ring (bicyclic) bond motifs is 1. The maximum Gasteiger partial charge on any atom is 0.237 e. The molecule has 0 aromatic heterocycles. The third kappa shape index (κ3) is 1.96. The summed E-state index contributed by atoms with van der Waals surface area (Å²) in [5, 5.41) is 0. The molecule has 1 aliphatic heterocycles. The summed E-state index contributed by atoms with van der Waals surface area (Å²) in [6.07, 6.45) is 0. The number of hydrogen-bond donors (Lipinski definition) is 0. The highest BCUT2D eigenvalue weighted by molar-refractivity contribution is 6.12. The van der Waals surface area contributed by atoms with Crippen LogP contribution in [-0.2, 0) is 16.1 Å². The van der Waals surface area contributed by atoms with Crippen LogP contribution in [0.3, 0.4) is 0 Å². The second kappa shape index (κ2) is 5.05. The van der Waals surface area contributed by atoms with Crippen molar-refractivity contribution in [1.29, 1.82) is 0 Å². The van der Waals surface area contributed by atoms with Crippen molar-refractivity contribution in [3.63, 3.8) is 0 Å². The fraction of sp³-hybridized carbons (Fsp3) is 0.300. The molecule has 1 amide bonds. The number of Topliss-reactive ketones (excluding diaryl/α,β-unsaturated/α-hetero) is 1. The summed E-state index contributed by atoms with van der Waals surface area (Å²) >= 11 is 0. The van der Waals surface area contributed by atoms with Crippen molar-refractivity contribution in [3.8, 4) is 0 Å². The Morgan fingerprint density at radius 2 is 1.70 bits per heavy atom. The van der Waals surface area contributed by atoms with E-state index in [1.165, 1.54) is 0 Å². The molecule has 23 heavy (non-hydrogen) atoms. The van der Waals surface area contributed by atoms with Crippen LogP contribution >= 0.6 is 0 Å². The maximum atomic E-state index is 13.0. The molecule has 4 rings (SSSR count). The molecule has 0 spiro atoms.